The number of aryl methyl sites for hydroxylation is 2. The average molecular weight is 495 g/mol. The Kier molecular flexibility index (Phi) is 10.9. The third-order valence-electron chi connectivity index (χ3n) is 5.73. The summed E-state index contributed by atoms with van der Waals surface area (Å²) >= 11 is 4.90. The summed E-state index contributed by atoms with van der Waals surface area (Å²) in [4.78, 5) is 10.1. The van der Waals surface area contributed by atoms with Gasteiger partial charge in [0, 0.05) is 12.7 Å². The van der Waals surface area contributed by atoms with Crippen LogP contribution in [0, 0.1) is 0 Å². The second-order valence-corrected chi connectivity index (χ2v) is 10.0. The van der Waals surface area contributed by atoms with Crippen LogP contribution >= 0.6 is 11.3 Å². The molecule has 0 saturated carbocycles. The van der Waals surface area contributed by atoms with E-state index in [1.165, 1.54) is 79.3 Å². The Bertz CT molecular complexity index is 770. The number of nitrogens with two attached hydrogens (primary N) is 2. The molecular formula is C23H35N4OSSe. The molecule has 3 aliphatic rings. The van der Waals surface area contributed by atoms with Gasteiger partial charge in [0.05, 0.1) is 0 Å². The maximum atomic E-state index is 8.58. The summed E-state index contributed by atoms with van der Waals surface area (Å²) in [5, 5.41) is 6.91. The summed E-state index contributed by atoms with van der Waals surface area (Å²) in [6, 6.07) is 7.49. The molecule has 1 unspecified atom stereocenters. The number of carbonyl (C=O) groups is 1. The van der Waals surface area contributed by atoms with Crippen molar-refractivity contribution in [3.63, 3.8) is 0 Å². The van der Waals surface area contributed by atoms with Crippen LogP contribution in [-0.4, -0.2) is 43.1 Å². The number of benzene rings is 1. The first kappa shape index (κ1) is 24.9. The Morgan fingerprint density at radius 1 is 1.10 bits per heavy atom. The maximum absolute atomic E-state index is 8.58. The Morgan fingerprint density at radius 2 is 1.70 bits per heavy atom. The van der Waals surface area contributed by atoms with Gasteiger partial charge in [-0.1, -0.05) is 6.07 Å². The van der Waals surface area contributed by atoms with Crippen LogP contribution in [0.15, 0.2) is 18.2 Å². The fraction of sp³-hybridized carbons (Fsp3) is 0.522. The first-order valence-electron chi connectivity index (χ1n) is 10.8. The average Bonchev–Trinajstić information content (AvgIpc) is 3.55. The number of nitrogens with one attached hydrogen (secondary N) is 2. The fourth-order valence-electron chi connectivity index (χ4n) is 4.57. The van der Waals surface area contributed by atoms with Crippen molar-refractivity contribution in [1.82, 2.24) is 5.32 Å². The zero-order valence-corrected chi connectivity index (χ0v) is 20.7. The first-order valence-corrected chi connectivity index (χ1v) is 12.4. The Balaban J connectivity index is 0.000000180. The summed E-state index contributed by atoms with van der Waals surface area (Å²) < 4.78 is 1.30. The van der Waals surface area contributed by atoms with Crippen molar-refractivity contribution in [3.8, 4) is 0 Å². The van der Waals surface area contributed by atoms with Crippen molar-refractivity contribution < 1.29 is 4.79 Å². The van der Waals surface area contributed by atoms with Gasteiger partial charge in [-0.3, -0.25) is 4.79 Å². The number of primary amides is 1. The molecule has 1 aromatic heterocycles. The molecule has 1 amide bonds. The van der Waals surface area contributed by atoms with Gasteiger partial charge in [-0.25, -0.2) is 0 Å². The summed E-state index contributed by atoms with van der Waals surface area (Å²) in [5.41, 5.74) is 16.6. The Labute approximate surface area is 193 Å². The second-order valence-electron chi connectivity index (χ2n) is 7.43. The quantitative estimate of drug-likeness (QED) is 0.381. The molecule has 2 aliphatic carbocycles. The third-order valence-corrected chi connectivity index (χ3v) is 7.53. The number of hydrogen-bond donors (Lipinski definition) is 4. The third kappa shape index (κ3) is 6.32. The van der Waals surface area contributed by atoms with E-state index in [4.69, 9.17) is 4.79 Å². The summed E-state index contributed by atoms with van der Waals surface area (Å²) in [6.07, 6.45) is 10.8. The van der Waals surface area contributed by atoms with Crippen LogP contribution in [0.3, 0.4) is 0 Å². The van der Waals surface area contributed by atoms with Crippen LogP contribution in [0.25, 0.3) is 0 Å². The van der Waals surface area contributed by atoms with Gasteiger partial charge >= 0.3 is 78.9 Å². The number of carbonyl (C=O) groups excluding carboxylic acids is 1. The number of rotatable bonds is 2. The van der Waals surface area contributed by atoms with E-state index in [2.05, 4.69) is 63.4 Å². The van der Waals surface area contributed by atoms with E-state index in [0.717, 1.165) is 0 Å². The standard InChI is InChI=1S/C13H17N.C8H10NSSe.CH3NO.CH5N/c1-14-13-11-6-2-4-9(11)8-10-5-3-7-12(10)13;11-8-4-3-7(10-8)6-2-1-5-9-6;2-1-3;1-2/h8,14H,2-7H2,1H3;3-4,6,9H,1-2,5H2;1H,(H2,2,3);2H2,1H3. The fourth-order valence-corrected chi connectivity index (χ4v) is 6.16. The molecule has 6 N–H and O–H groups in total. The van der Waals surface area contributed by atoms with Crippen molar-refractivity contribution in [2.24, 2.45) is 11.5 Å². The van der Waals surface area contributed by atoms with Crippen molar-refractivity contribution in [1.29, 1.82) is 0 Å². The van der Waals surface area contributed by atoms with Gasteiger partial charge in [-0.05, 0) is 67.8 Å². The predicted molar refractivity (Wildman–Crippen MR) is 130 cm³/mol. The first-order chi connectivity index (χ1) is 14.7. The molecule has 1 fully saturated rings. The number of hydrogen-bond acceptors (Lipinski definition) is 5. The zero-order valence-electron chi connectivity index (χ0n) is 18.1. The monoisotopic (exact) mass is 495 g/mol. The van der Waals surface area contributed by atoms with E-state index in [9.17, 15) is 0 Å². The number of amides is 1. The molecule has 1 radical (unpaired) electrons. The molecule has 1 aliphatic heterocycles. The van der Waals surface area contributed by atoms with E-state index >= 15 is 0 Å². The van der Waals surface area contributed by atoms with Crippen molar-refractivity contribution in [2.45, 2.75) is 57.4 Å². The summed E-state index contributed by atoms with van der Waals surface area (Å²) in [7, 11) is 3.58. The molecule has 1 atom stereocenters. The molecule has 30 heavy (non-hydrogen) atoms. The van der Waals surface area contributed by atoms with E-state index < -0.39 is 0 Å². The van der Waals surface area contributed by atoms with E-state index in [-0.39, 0.29) is 6.41 Å². The van der Waals surface area contributed by atoms with Gasteiger partial charge < -0.3 is 16.8 Å². The number of anilines is 1. The molecule has 2 aromatic rings. The number of thiophene rings is 1. The molecule has 1 saturated heterocycles. The SMILES string of the molecule is CN.CNc1c2c(cc3c1CCC3)CCC2.NC=O.[Se]c1ccc(C2CCCN2)s1. The van der Waals surface area contributed by atoms with Gasteiger partial charge in [0.25, 0.3) is 0 Å². The Morgan fingerprint density at radius 3 is 2.13 bits per heavy atom. The second kappa shape index (κ2) is 13.1. The minimum absolute atomic E-state index is 0.250. The predicted octanol–water partition coefficient (Wildman–Crippen LogP) is 2.35. The molecule has 5 rings (SSSR count). The van der Waals surface area contributed by atoms with Crippen LogP contribution in [0.5, 0.6) is 0 Å². The topological polar surface area (TPSA) is 93.2 Å². The molecular weight excluding hydrogens is 459 g/mol. The molecule has 165 valence electrons. The normalized spacial score (nSPS) is 17.9. The van der Waals surface area contributed by atoms with Gasteiger partial charge in [-0.15, -0.1) is 0 Å². The summed E-state index contributed by atoms with van der Waals surface area (Å²) in [6.45, 7) is 1.19. The van der Waals surface area contributed by atoms with Crippen molar-refractivity contribution in [2.75, 3.05) is 26.0 Å². The molecule has 5 nitrogen and oxygen atoms in total. The number of fused-ring (bicyclic) bond motifs is 2. The van der Waals surface area contributed by atoms with Crippen LogP contribution in [0.2, 0.25) is 0 Å². The zero-order chi connectivity index (χ0) is 21.9. The summed E-state index contributed by atoms with van der Waals surface area (Å²) in [5.74, 6) is 0. The van der Waals surface area contributed by atoms with Crippen LogP contribution in [0.1, 0.15) is 58.9 Å². The molecule has 2 heterocycles. The molecule has 1 aromatic carbocycles. The van der Waals surface area contributed by atoms with Crippen molar-refractivity contribution >= 4 is 43.2 Å². The molecule has 0 bridgehead atoms. The van der Waals surface area contributed by atoms with Gasteiger partial charge in [0.2, 0.25) is 6.41 Å². The van der Waals surface area contributed by atoms with Gasteiger partial charge in [-0.2, -0.15) is 0 Å². The van der Waals surface area contributed by atoms with E-state index in [1.54, 1.807) is 22.3 Å². The Hall–Kier alpha value is -1.37. The van der Waals surface area contributed by atoms with Gasteiger partial charge in [0.15, 0.2) is 0 Å². The van der Waals surface area contributed by atoms with Crippen LogP contribution in [0.4, 0.5) is 5.69 Å². The van der Waals surface area contributed by atoms with Crippen LogP contribution < -0.4 is 25.9 Å². The van der Waals surface area contributed by atoms with E-state index in [0.29, 0.717) is 6.04 Å². The van der Waals surface area contributed by atoms with Crippen LogP contribution in [-0.2, 0) is 30.5 Å². The van der Waals surface area contributed by atoms with Crippen molar-refractivity contribution in [3.05, 3.63) is 45.3 Å². The van der Waals surface area contributed by atoms with E-state index in [1.807, 2.05) is 11.3 Å². The van der Waals surface area contributed by atoms with Gasteiger partial charge in [0.1, 0.15) is 0 Å². The molecule has 7 heteroatoms. The molecule has 0 spiro atoms. The minimum atomic E-state index is 0.250.